The molecule has 4 aromatic rings. The minimum Gasteiger partial charge on any atom is -0.390 e. The molecule has 0 saturated heterocycles. The molecule has 2 atom stereocenters. The Hall–Kier alpha value is -3.00. The van der Waals surface area contributed by atoms with Gasteiger partial charge in [0, 0.05) is 39.9 Å². The Morgan fingerprint density at radius 1 is 1.03 bits per heavy atom. The van der Waals surface area contributed by atoms with Crippen molar-refractivity contribution in [1.82, 2.24) is 4.98 Å². The van der Waals surface area contributed by atoms with Crippen LogP contribution in [-0.2, 0) is 0 Å². The third-order valence-electron chi connectivity index (χ3n) is 6.72. The first-order chi connectivity index (χ1) is 15.3. The largest absolute Gasteiger partial charge is 0.390 e. The number of hydrogen-bond donors (Lipinski definition) is 3. The molecule has 0 saturated carbocycles. The van der Waals surface area contributed by atoms with E-state index in [9.17, 15) is 5.11 Å². The standard InChI is InChI=1S/C28H28N2OS/c1-16-14-23(22-10-6-9-20-17(2)15-29-26(20)22)21(12-11-19-8-7-13-32-19)24-18(3)27(31)28(4,5)30-25(16)24/h6-10,13-15,18,27,29-31H,1-5H3/t18-,27+/m0/s1. The van der Waals surface area contributed by atoms with Crippen molar-refractivity contribution < 1.29 is 5.11 Å². The summed E-state index contributed by atoms with van der Waals surface area (Å²) in [6.45, 7) is 10.5. The molecule has 0 amide bonds. The maximum absolute atomic E-state index is 11.1. The SMILES string of the molecule is Cc1cc(-c2cccc3c(C)c[nH]c23)c(C#Cc2cccs2)c2c1NC(C)(C)[C@H](O)[C@H]2C. The zero-order valence-corrected chi connectivity index (χ0v) is 19.9. The zero-order valence-electron chi connectivity index (χ0n) is 19.1. The van der Waals surface area contributed by atoms with Gasteiger partial charge in [0.25, 0.3) is 0 Å². The highest BCUT2D eigenvalue weighted by Crippen LogP contribution is 2.46. The van der Waals surface area contributed by atoms with Crippen molar-refractivity contribution in [2.45, 2.75) is 52.2 Å². The molecular weight excluding hydrogens is 412 g/mol. The number of para-hydroxylation sites is 1. The van der Waals surface area contributed by atoms with Gasteiger partial charge in [0.05, 0.1) is 22.0 Å². The normalized spacial score (nSPS) is 19.2. The van der Waals surface area contributed by atoms with Gasteiger partial charge in [-0.3, -0.25) is 0 Å². The van der Waals surface area contributed by atoms with Gasteiger partial charge in [-0.15, -0.1) is 11.3 Å². The third kappa shape index (κ3) is 3.24. The van der Waals surface area contributed by atoms with E-state index < -0.39 is 11.6 Å². The summed E-state index contributed by atoms with van der Waals surface area (Å²) in [4.78, 5) is 4.51. The van der Waals surface area contributed by atoms with Crippen LogP contribution in [0.25, 0.3) is 22.0 Å². The van der Waals surface area contributed by atoms with Gasteiger partial charge in [0.2, 0.25) is 0 Å². The molecule has 0 spiro atoms. The molecule has 2 aromatic carbocycles. The number of aromatic amines is 1. The van der Waals surface area contributed by atoms with Crippen LogP contribution in [0.5, 0.6) is 0 Å². The Kier molecular flexibility index (Phi) is 4.93. The van der Waals surface area contributed by atoms with Crippen molar-refractivity contribution in [3.63, 3.8) is 0 Å². The van der Waals surface area contributed by atoms with Crippen molar-refractivity contribution in [2.24, 2.45) is 0 Å². The summed E-state index contributed by atoms with van der Waals surface area (Å²) < 4.78 is 0. The number of rotatable bonds is 1. The summed E-state index contributed by atoms with van der Waals surface area (Å²) in [6, 6.07) is 12.8. The molecular formula is C28H28N2OS. The lowest BCUT2D eigenvalue weighted by molar-refractivity contribution is 0.0868. The quantitative estimate of drug-likeness (QED) is 0.293. The van der Waals surface area contributed by atoms with Gasteiger partial charge in [-0.25, -0.2) is 0 Å². The van der Waals surface area contributed by atoms with Gasteiger partial charge in [-0.1, -0.05) is 43.0 Å². The fourth-order valence-corrected chi connectivity index (χ4v) is 5.55. The summed E-state index contributed by atoms with van der Waals surface area (Å²) in [6.07, 6.45) is 1.54. The highest BCUT2D eigenvalue weighted by molar-refractivity contribution is 7.10. The number of anilines is 1. The monoisotopic (exact) mass is 440 g/mol. The number of fused-ring (bicyclic) bond motifs is 2. The molecule has 32 heavy (non-hydrogen) atoms. The van der Waals surface area contributed by atoms with Crippen LogP contribution in [0.15, 0.2) is 48.0 Å². The number of nitrogens with one attached hydrogen (secondary N) is 2. The Morgan fingerprint density at radius 3 is 2.59 bits per heavy atom. The number of aromatic nitrogens is 1. The predicted octanol–water partition coefficient (Wildman–Crippen LogP) is 6.58. The van der Waals surface area contributed by atoms with Crippen molar-refractivity contribution in [2.75, 3.05) is 5.32 Å². The Balaban J connectivity index is 1.84. The number of aryl methyl sites for hydroxylation is 2. The van der Waals surface area contributed by atoms with E-state index in [-0.39, 0.29) is 5.92 Å². The molecule has 3 heterocycles. The van der Waals surface area contributed by atoms with Crippen LogP contribution in [0.2, 0.25) is 0 Å². The van der Waals surface area contributed by atoms with Crippen molar-refractivity contribution >= 4 is 27.9 Å². The molecule has 0 fully saturated rings. The van der Waals surface area contributed by atoms with Gasteiger partial charge in [0.1, 0.15) is 0 Å². The van der Waals surface area contributed by atoms with Crippen LogP contribution in [0.1, 0.15) is 53.8 Å². The maximum Gasteiger partial charge on any atom is 0.0831 e. The average Bonchev–Trinajstić information content (AvgIpc) is 3.42. The van der Waals surface area contributed by atoms with Crippen LogP contribution in [-0.4, -0.2) is 21.7 Å². The topological polar surface area (TPSA) is 48.0 Å². The molecule has 1 aliphatic rings. The Labute approximate surface area is 193 Å². The molecule has 0 unspecified atom stereocenters. The molecule has 0 radical (unpaired) electrons. The first-order valence-electron chi connectivity index (χ1n) is 11.0. The molecule has 4 heteroatoms. The first-order valence-corrected chi connectivity index (χ1v) is 11.9. The highest BCUT2D eigenvalue weighted by atomic mass is 32.1. The molecule has 5 rings (SSSR count). The molecule has 3 N–H and O–H groups in total. The Morgan fingerprint density at radius 2 is 1.84 bits per heavy atom. The molecule has 162 valence electrons. The lowest BCUT2D eigenvalue weighted by Crippen LogP contribution is -2.50. The second kappa shape index (κ2) is 7.55. The minimum atomic E-state index is -0.518. The van der Waals surface area contributed by atoms with E-state index in [0.717, 1.165) is 38.3 Å². The fourth-order valence-electron chi connectivity index (χ4n) is 4.98. The van der Waals surface area contributed by atoms with Crippen LogP contribution >= 0.6 is 11.3 Å². The summed E-state index contributed by atoms with van der Waals surface area (Å²) in [5, 5.41) is 18.0. The van der Waals surface area contributed by atoms with Crippen molar-refractivity contribution in [1.29, 1.82) is 0 Å². The lowest BCUT2D eigenvalue weighted by Gasteiger charge is -2.43. The van der Waals surface area contributed by atoms with E-state index in [4.69, 9.17) is 0 Å². The number of thiophene rings is 1. The molecule has 1 aliphatic heterocycles. The van der Waals surface area contributed by atoms with E-state index in [1.54, 1.807) is 11.3 Å². The smallest absolute Gasteiger partial charge is 0.0831 e. The lowest BCUT2D eigenvalue weighted by atomic mass is 9.75. The summed E-state index contributed by atoms with van der Waals surface area (Å²) in [5.74, 6) is 6.85. The van der Waals surface area contributed by atoms with Crippen LogP contribution in [0.4, 0.5) is 5.69 Å². The third-order valence-corrected chi connectivity index (χ3v) is 7.51. The molecule has 2 aromatic heterocycles. The van der Waals surface area contributed by atoms with Crippen molar-refractivity contribution in [3.05, 3.63) is 75.1 Å². The number of aliphatic hydroxyl groups excluding tert-OH is 1. The van der Waals surface area contributed by atoms with Gasteiger partial charge in [0.15, 0.2) is 0 Å². The van der Waals surface area contributed by atoms with E-state index in [1.165, 1.54) is 16.5 Å². The van der Waals surface area contributed by atoms with E-state index in [2.05, 4.69) is 92.6 Å². The van der Waals surface area contributed by atoms with Gasteiger partial charge >= 0.3 is 0 Å². The highest BCUT2D eigenvalue weighted by Gasteiger charge is 2.40. The fraction of sp³-hybridized carbons (Fsp3) is 0.286. The number of hydrogen-bond acceptors (Lipinski definition) is 3. The molecule has 3 nitrogen and oxygen atoms in total. The molecule has 0 aliphatic carbocycles. The maximum atomic E-state index is 11.1. The summed E-state index contributed by atoms with van der Waals surface area (Å²) in [7, 11) is 0. The van der Waals surface area contributed by atoms with Gasteiger partial charge < -0.3 is 15.4 Å². The van der Waals surface area contributed by atoms with Crippen LogP contribution in [0.3, 0.4) is 0 Å². The first kappa shape index (κ1) is 20.9. The number of aliphatic hydroxyl groups is 1. The van der Waals surface area contributed by atoms with E-state index in [1.807, 2.05) is 12.1 Å². The number of benzene rings is 2. The second-order valence-corrected chi connectivity index (χ2v) is 10.4. The van der Waals surface area contributed by atoms with Crippen LogP contribution < -0.4 is 5.32 Å². The second-order valence-electron chi connectivity index (χ2n) is 9.41. The van der Waals surface area contributed by atoms with Gasteiger partial charge in [-0.2, -0.15) is 0 Å². The van der Waals surface area contributed by atoms with Crippen LogP contribution in [0, 0.1) is 25.7 Å². The summed E-state index contributed by atoms with van der Waals surface area (Å²) >= 11 is 1.65. The average molecular weight is 441 g/mol. The predicted molar refractivity (Wildman–Crippen MR) is 136 cm³/mol. The van der Waals surface area contributed by atoms with E-state index >= 15 is 0 Å². The van der Waals surface area contributed by atoms with Gasteiger partial charge in [-0.05, 0) is 61.9 Å². The number of H-pyrrole nitrogens is 1. The summed E-state index contributed by atoms with van der Waals surface area (Å²) in [5.41, 5.74) is 8.57. The Bertz CT molecular complexity index is 1380. The minimum absolute atomic E-state index is 0.0443. The van der Waals surface area contributed by atoms with Crippen molar-refractivity contribution in [3.8, 4) is 23.0 Å². The molecule has 0 bridgehead atoms. The zero-order chi connectivity index (χ0) is 22.6. The van der Waals surface area contributed by atoms with E-state index in [0.29, 0.717) is 0 Å².